The molecule has 0 spiro atoms. The first-order valence-corrected chi connectivity index (χ1v) is 4.53. The van der Waals surface area contributed by atoms with E-state index in [1.165, 1.54) is 5.56 Å². The van der Waals surface area contributed by atoms with Crippen molar-refractivity contribution in [2.75, 3.05) is 6.61 Å². The van der Waals surface area contributed by atoms with Crippen molar-refractivity contribution < 1.29 is 5.11 Å². The number of aliphatic hydroxyl groups excluding tert-OH is 1. The van der Waals surface area contributed by atoms with Gasteiger partial charge in [0.1, 0.15) is 0 Å². The highest BCUT2D eigenvalue weighted by Gasteiger charge is 1.92. The molecule has 1 nitrogen and oxygen atoms in total. The van der Waals surface area contributed by atoms with Crippen LogP contribution in [0, 0.1) is 12.3 Å². The van der Waals surface area contributed by atoms with Crippen molar-refractivity contribution in [1.82, 2.24) is 0 Å². The molecule has 0 aliphatic rings. The Morgan fingerprint density at radius 2 is 1.85 bits per heavy atom. The summed E-state index contributed by atoms with van der Waals surface area (Å²) in [5.74, 6) is 2.58. The van der Waals surface area contributed by atoms with Gasteiger partial charge in [0.05, 0.1) is 0 Å². The van der Waals surface area contributed by atoms with Gasteiger partial charge in [-0.15, -0.1) is 6.42 Å². The number of rotatable bonds is 4. The molecule has 0 heterocycles. The van der Waals surface area contributed by atoms with Crippen LogP contribution in [0.15, 0.2) is 24.3 Å². The second-order valence-electron chi connectivity index (χ2n) is 3.02. The summed E-state index contributed by atoms with van der Waals surface area (Å²) in [6.07, 6.45) is 8.16. The molecule has 0 saturated heterocycles. The molecule has 0 aromatic heterocycles. The first-order valence-electron chi connectivity index (χ1n) is 4.53. The zero-order chi connectivity index (χ0) is 9.52. The average molecular weight is 174 g/mol. The average Bonchev–Trinajstić information content (AvgIpc) is 2.19. The predicted molar refractivity (Wildman–Crippen MR) is 54.4 cm³/mol. The van der Waals surface area contributed by atoms with Crippen LogP contribution in [0.1, 0.15) is 24.0 Å². The summed E-state index contributed by atoms with van der Waals surface area (Å²) in [5.41, 5.74) is 2.21. The van der Waals surface area contributed by atoms with Gasteiger partial charge in [-0.05, 0) is 37.0 Å². The fourth-order valence-electron chi connectivity index (χ4n) is 1.21. The summed E-state index contributed by atoms with van der Waals surface area (Å²) in [4.78, 5) is 0. The number of unbranched alkanes of at least 4 members (excludes halogenated alkanes) is 1. The van der Waals surface area contributed by atoms with Crippen LogP contribution >= 0.6 is 0 Å². The number of hydrogen-bond donors (Lipinski definition) is 1. The Hall–Kier alpha value is -1.26. The molecule has 0 atom stereocenters. The van der Waals surface area contributed by atoms with Gasteiger partial charge in [-0.25, -0.2) is 0 Å². The fourth-order valence-corrected chi connectivity index (χ4v) is 1.21. The minimum absolute atomic E-state index is 0.280. The lowest BCUT2D eigenvalue weighted by Gasteiger charge is -1.99. The van der Waals surface area contributed by atoms with Crippen LogP contribution in [0.5, 0.6) is 0 Å². The number of benzene rings is 1. The van der Waals surface area contributed by atoms with Crippen molar-refractivity contribution in [2.24, 2.45) is 0 Å². The Morgan fingerprint density at radius 1 is 1.15 bits per heavy atom. The molecule has 0 saturated carbocycles. The second kappa shape index (κ2) is 5.40. The fraction of sp³-hybridized carbons (Fsp3) is 0.333. The maximum Gasteiger partial charge on any atom is 0.0431 e. The van der Waals surface area contributed by atoms with E-state index in [2.05, 4.69) is 5.92 Å². The lowest BCUT2D eigenvalue weighted by atomic mass is 10.1. The van der Waals surface area contributed by atoms with E-state index in [9.17, 15) is 0 Å². The van der Waals surface area contributed by atoms with Gasteiger partial charge in [0.25, 0.3) is 0 Å². The van der Waals surface area contributed by atoms with Crippen molar-refractivity contribution in [1.29, 1.82) is 0 Å². The van der Waals surface area contributed by atoms with E-state index >= 15 is 0 Å². The highest BCUT2D eigenvalue weighted by molar-refractivity contribution is 5.34. The SMILES string of the molecule is C#Cc1ccc(CCCCO)cc1. The van der Waals surface area contributed by atoms with E-state index in [1.54, 1.807) is 0 Å². The molecule has 1 rings (SSSR count). The van der Waals surface area contributed by atoms with Gasteiger partial charge >= 0.3 is 0 Å². The molecule has 1 aromatic rings. The Bertz CT molecular complexity index is 279. The Balaban J connectivity index is 2.46. The summed E-state index contributed by atoms with van der Waals surface area (Å²) in [6.45, 7) is 0.280. The number of aliphatic hydroxyl groups is 1. The maximum atomic E-state index is 8.60. The van der Waals surface area contributed by atoms with E-state index in [-0.39, 0.29) is 6.61 Å². The van der Waals surface area contributed by atoms with Gasteiger partial charge in [-0.1, -0.05) is 18.1 Å². The lowest BCUT2D eigenvalue weighted by Crippen LogP contribution is -1.88. The Morgan fingerprint density at radius 3 is 2.38 bits per heavy atom. The Kier molecular flexibility index (Phi) is 4.08. The van der Waals surface area contributed by atoms with E-state index in [0.29, 0.717) is 0 Å². The predicted octanol–water partition coefficient (Wildman–Crippen LogP) is 1.98. The number of hydrogen-bond acceptors (Lipinski definition) is 1. The van der Waals surface area contributed by atoms with Gasteiger partial charge < -0.3 is 5.11 Å². The zero-order valence-corrected chi connectivity index (χ0v) is 7.66. The quantitative estimate of drug-likeness (QED) is 0.546. The molecule has 13 heavy (non-hydrogen) atoms. The molecule has 0 radical (unpaired) electrons. The van der Waals surface area contributed by atoms with Gasteiger partial charge in [-0.3, -0.25) is 0 Å². The van der Waals surface area contributed by atoms with Gasteiger partial charge in [0.2, 0.25) is 0 Å². The standard InChI is InChI=1S/C12H14O/c1-2-11-6-8-12(9-7-11)5-3-4-10-13/h1,6-9,13H,3-5,10H2. The highest BCUT2D eigenvalue weighted by atomic mass is 16.2. The van der Waals surface area contributed by atoms with E-state index in [0.717, 1.165) is 24.8 Å². The number of aryl methyl sites for hydroxylation is 1. The summed E-state index contributed by atoms with van der Waals surface area (Å²) in [6, 6.07) is 8.00. The molecule has 1 N–H and O–H groups in total. The van der Waals surface area contributed by atoms with Crippen LogP contribution in [0.4, 0.5) is 0 Å². The molecule has 0 fully saturated rings. The van der Waals surface area contributed by atoms with E-state index in [4.69, 9.17) is 11.5 Å². The minimum atomic E-state index is 0.280. The molecule has 1 heteroatoms. The molecule has 0 aliphatic carbocycles. The Labute approximate surface area is 79.4 Å². The normalized spacial score (nSPS) is 9.54. The lowest BCUT2D eigenvalue weighted by molar-refractivity contribution is 0.284. The van der Waals surface area contributed by atoms with Crippen LogP contribution in [0.2, 0.25) is 0 Å². The topological polar surface area (TPSA) is 20.2 Å². The molecule has 0 amide bonds. The van der Waals surface area contributed by atoms with Crippen LogP contribution < -0.4 is 0 Å². The van der Waals surface area contributed by atoms with Crippen molar-refractivity contribution in [3.63, 3.8) is 0 Å². The third-order valence-corrected chi connectivity index (χ3v) is 1.99. The van der Waals surface area contributed by atoms with Gasteiger partial charge in [0.15, 0.2) is 0 Å². The van der Waals surface area contributed by atoms with Crippen molar-refractivity contribution >= 4 is 0 Å². The molecule has 68 valence electrons. The van der Waals surface area contributed by atoms with Crippen molar-refractivity contribution in [3.05, 3.63) is 35.4 Å². The smallest absolute Gasteiger partial charge is 0.0431 e. The van der Waals surface area contributed by atoms with Crippen LogP contribution in [-0.4, -0.2) is 11.7 Å². The molecule has 1 aromatic carbocycles. The van der Waals surface area contributed by atoms with Crippen LogP contribution in [0.3, 0.4) is 0 Å². The second-order valence-corrected chi connectivity index (χ2v) is 3.02. The number of terminal acetylenes is 1. The van der Waals surface area contributed by atoms with E-state index in [1.807, 2.05) is 24.3 Å². The monoisotopic (exact) mass is 174 g/mol. The molecule has 0 bridgehead atoms. The summed E-state index contributed by atoms with van der Waals surface area (Å²) < 4.78 is 0. The largest absolute Gasteiger partial charge is 0.396 e. The molecule has 0 unspecified atom stereocenters. The summed E-state index contributed by atoms with van der Waals surface area (Å²) >= 11 is 0. The minimum Gasteiger partial charge on any atom is -0.396 e. The summed E-state index contributed by atoms with van der Waals surface area (Å²) in [7, 11) is 0. The zero-order valence-electron chi connectivity index (χ0n) is 7.66. The van der Waals surface area contributed by atoms with Gasteiger partial charge in [0, 0.05) is 12.2 Å². The highest BCUT2D eigenvalue weighted by Crippen LogP contribution is 2.06. The third kappa shape index (κ3) is 3.31. The third-order valence-electron chi connectivity index (χ3n) is 1.99. The summed E-state index contributed by atoms with van der Waals surface area (Å²) in [5, 5.41) is 8.60. The molecular formula is C12H14O. The van der Waals surface area contributed by atoms with Crippen LogP contribution in [-0.2, 0) is 6.42 Å². The van der Waals surface area contributed by atoms with Crippen LogP contribution in [0.25, 0.3) is 0 Å². The van der Waals surface area contributed by atoms with Gasteiger partial charge in [-0.2, -0.15) is 0 Å². The van der Waals surface area contributed by atoms with E-state index < -0.39 is 0 Å². The first-order chi connectivity index (χ1) is 6.36. The molecular weight excluding hydrogens is 160 g/mol. The first kappa shape index (κ1) is 9.83. The van der Waals surface area contributed by atoms with Crippen molar-refractivity contribution in [3.8, 4) is 12.3 Å². The molecule has 0 aliphatic heterocycles. The maximum absolute atomic E-state index is 8.60. The van der Waals surface area contributed by atoms with Crippen molar-refractivity contribution in [2.45, 2.75) is 19.3 Å².